The molecular formula is C15H15NO3S. The van der Waals surface area contributed by atoms with Crippen LogP contribution in [-0.2, 0) is 4.74 Å². The van der Waals surface area contributed by atoms with Gasteiger partial charge in [0.1, 0.15) is 5.00 Å². The number of aryl methyl sites for hydroxylation is 2. The molecule has 1 amide bonds. The summed E-state index contributed by atoms with van der Waals surface area (Å²) in [6.07, 6.45) is 0. The van der Waals surface area contributed by atoms with Gasteiger partial charge < -0.3 is 10.1 Å². The average Bonchev–Trinajstić information content (AvgIpc) is 2.88. The van der Waals surface area contributed by atoms with Gasteiger partial charge in [-0.2, -0.15) is 0 Å². The molecule has 1 aromatic heterocycles. The number of benzene rings is 1. The normalized spacial score (nSPS) is 10.2. The summed E-state index contributed by atoms with van der Waals surface area (Å²) in [6.45, 7) is 3.81. The second kappa shape index (κ2) is 5.88. The van der Waals surface area contributed by atoms with Gasteiger partial charge in [-0.05, 0) is 36.9 Å². The molecule has 0 spiro atoms. The van der Waals surface area contributed by atoms with Crippen LogP contribution in [0.4, 0.5) is 5.00 Å². The summed E-state index contributed by atoms with van der Waals surface area (Å²) in [7, 11) is 1.32. The molecule has 2 aromatic rings. The Bertz CT molecular complexity index is 661. The number of amides is 1. The van der Waals surface area contributed by atoms with Gasteiger partial charge in [0.05, 0.1) is 12.7 Å². The Morgan fingerprint density at radius 1 is 1.15 bits per heavy atom. The van der Waals surface area contributed by atoms with E-state index in [0.29, 0.717) is 16.1 Å². The summed E-state index contributed by atoms with van der Waals surface area (Å²) in [4.78, 5) is 23.9. The predicted octanol–water partition coefficient (Wildman–Crippen LogP) is 3.40. The Labute approximate surface area is 121 Å². The number of ether oxygens (including phenoxy) is 1. The highest BCUT2D eigenvalue weighted by molar-refractivity contribution is 7.14. The number of nitrogens with one attached hydrogen (secondary N) is 1. The smallest absolute Gasteiger partial charge is 0.340 e. The van der Waals surface area contributed by atoms with E-state index in [2.05, 4.69) is 10.1 Å². The molecule has 1 aromatic carbocycles. The molecule has 0 bridgehead atoms. The van der Waals surface area contributed by atoms with E-state index >= 15 is 0 Å². The fourth-order valence-corrected chi connectivity index (χ4v) is 2.60. The van der Waals surface area contributed by atoms with Crippen LogP contribution in [0.1, 0.15) is 31.8 Å². The van der Waals surface area contributed by atoms with Crippen LogP contribution in [0, 0.1) is 13.8 Å². The number of esters is 1. The van der Waals surface area contributed by atoms with Crippen molar-refractivity contribution in [2.75, 3.05) is 12.4 Å². The van der Waals surface area contributed by atoms with E-state index in [4.69, 9.17) is 0 Å². The lowest BCUT2D eigenvalue weighted by Crippen LogP contribution is -2.15. The Kier molecular flexibility index (Phi) is 4.20. The topological polar surface area (TPSA) is 55.4 Å². The Hall–Kier alpha value is -2.14. The lowest BCUT2D eigenvalue weighted by atomic mass is 10.1. The molecule has 0 aliphatic rings. The fourth-order valence-electron chi connectivity index (χ4n) is 1.83. The largest absolute Gasteiger partial charge is 0.465 e. The van der Waals surface area contributed by atoms with E-state index in [9.17, 15) is 9.59 Å². The van der Waals surface area contributed by atoms with E-state index in [1.54, 1.807) is 11.4 Å². The van der Waals surface area contributed by atoms with Crippen molar-refractivity contribution in [3.63, 3.8) is 0 Å². The number of methoxy groups -OCH3 is 1. The molecule has 1 heterocycles. The summed E-state index contributed by atoms with van der Waals surface area (Å²) in [5, 5.41) is 5.01. The summed E-state index contributed by atoms with van der Waals surface area (Å²) in [5.41, 5.74) is 2.88. The van der Waals surface area contributed by atoms with Crippen LogP contribution < -0.4 is 5.32 Å². The molecule has 0 atom stereocenters. The zero-order chi connectivity index (χ0) is 14.7. The van der Waals surface area contributed by atoms with Crippen molar-refractivity contribution in [2.24, 2.45) is 0 Å². The van der Waals surface area contributed by atoms with Crippen molar-refractivity contribution in [3.8, 4) is 0 Å². The third-order valence-corrected chi connectivity index (χ3v) is 3.77. The number of thiophene rings is 1. The molecule has 5 heteroatoms. The van der Waals surface area contributed by atoms with E-state index in [-0.39, 0.29) is 5.91 Å². The van der Waals surface area contributed by atoms with Crippen molar-refractivity contribution in [2.45, 2.75) is 13.8 Å². The van der Waals surface area contributed by atoms with E-state index in [1.165, 1.54) is 18.4 Å². The quantitative estimate of drug-likeness (QED) is 0.881. The highest BCUT2D eigenvalue weighted by Gasteiger charge is 2.17. The molecule has 104 valence electrons. The van der Waals surface area contributed by atoms with Gasteiger partial charge in [-0.25, -0.2) is 4.79 Å². The number of rotatable bonds is 3. The molecule has 0 aliphatic carbocycles. The summed E-state index contributed by atoms with van der Waals surface area (Å²) >= 11 is 1.29. The van der Waals surface area contributed by atoms with Crippen LogP contribution in [0.2, 0.25) is 0 Å². The van der Waals surface area contributed by atoms with E-state index in [0.717, 1.165) is 11.1 Å². The molecular weight excluding hydrogens is 274 g/mol. The summed E-state index contributed by atoms with van der Waals surface area (Å²) in [6, 6.07) is 7.32. The highest BCUT2D eigenvalue weighted by atomic mass is 32.1. The van der Waals surface area contributed by atoms with Crippen LogP contribution in [0.25, 0.3) is 0 Å². The third kappa shape index (κ3) is 2.88. The fraction of sp³-hybridized carbons (Fsp3) is 0.200. The van der Waals surface area contributed by atoms with Gasteiger partial charge in [0.15, 0.2) is 0 Å². The maximum absolute atomic E-state index is 12.3. The lowest BCUT2D eigenvalue weighted by Gasteiger charge is -2.08. The van der Waals surface area contributed by atoms with E-state index in [1.807, 2.05) is 32.0 Å². The van der Waals surface area contributed by atoms with Crippen LogP contribution in [0.5, 0.6) is 0 Å². The van der Waals surface area contributed by atoms with Crippen LogP contribution in [0.3, 0.4) is 0 Å². The number of anilines is 1. The number of carbonyl (C=O) groups is 2. The second-order valence-corrected chi connectivity index (χ2v) is 5.34. The van der Waals surface area contributed by atoms with Crippen LogP contribution >= 0.6 is 11.3 Å². The first kappa shape index (κ1) is 14.3. The molecule has 0 saturated heterocycles. The third-order valence-electron chi connectivity index (χ3n) is 2.94. The van der Waals surface area contributed by atoms with E-state index < -0.39 is 5.97 Å². The van der Waals surface area contributed by atoms with Crippen molar-refractivity contribution >= 4 is 28.2 Å². The van der Waals surface area contributed by atoms with Crippen LogP contribution in [0.15, 0.2) is 29.6 Å². The minimum absolute atomic E-state index is 0.223. The summed E-state index contributed by atoms with van der Waals surface area (Å²) in [5.74, 6) is -0.679. The first-order chi connectivity index (χ1) is 9.52. The minimum atomic E-state index is -0.456. The standard InChI is InChI=1S/C15H15NO3S/c1-9-4-5-10(2)12(8-9)13(17)16-14-11(6-7-20-14)15(18)19-3/h4-8H,1-3H3,(H,16,17). The van der Waals surface area contributed by atoms with Crippen molar-refractivity contribution < 1.29 is 14.3 Å². The Morgan fingerprint density at radius 3 is 2.60 bits per heavy atom. The van der Waals surface area contributed by atoms with Crippen molar-refractivity contribution in [1.29, 1.82) is 0 Å². The second-order valence-electron chi connectivity index (χ2n) is 4.43. The predicted molar refractivity (Wildman–Crippen MR) is 79.5 cm³/mol. The van der Waals surface area contributed by atoms with Gasteiger partial charge >= 0.3 is 5.97 Å². The first-order valence-electron chi connectivity index (χ1n) is 6.07. The lowest BCUT2D eigenvalue weighted by molar-refractivity contribution is 0.0602. The molecule has 0 unspecified atom stereocenters. The molecule has 0 fully saturated rings. The molecule has 20 heavy (non-hydrogen) atoms. The zero-order valence-electron chi connectivity index (χ0n) is 11.5. The molecule has 4 nitrogen and oxygen atoms in total. The average molecular weight is 289 g/mol. The molecule has 1 N–H and O–H groups in total. The van der Waals surface area contributed by atoms with Gasteiger partial charge in [0.25, 0.3) is 5.91 Å². The van der Waals surface area contributed by atoms with Gasteiger partial charge in [0, 0.05) is 5.56 Å². The Balaban J connectivity index is 2.26. The van der Waals surface area contributed by atoms with Crippen LogP contribution in [-0.4, -0.2) is 19.0 Å². The van der Waals surface area contributed by atoms with Gasteiger partial charge in [-0.3, -0.25) is 4.79 Å². The molecule has 2 rings (SSSR count). The van der Waals surface area contributed by atoms with Gasteiger partial charge in [-0.1, -0.05) is 17.7 Å². The first-order valence-corrected chi connectivity index (χ1v) is 6.95. The number of hydrogen-bond donors (Lipinski definition) is 1. The maximum Gasteiger partial charge on any atom is 0.340 e. The molecule has 0 saturated carbocycles. The number of hydrogen-bond acceptors (Lipinski definition) is 4. The minimum Gasteiger partial charge on any atom is -0.465 e. The Morgan fingerprint density at radius 2 is 1.90 bits per heavy atom. The maximum atomic E-state index is 12.3. The van der Waals surface area contributed by atoms with Crippen molar-refractivity contribution in [1.82, 2.24) is 0 Å². The van der Waals surface area contributed by atoms with Gasteiger partial charge in [-0.15, -0.1) is 11.3 Å². The molecule has 0 radical (unpaired) electrons. The monoisotopic (exact) mass is 289 g/mol. The highest BCUT2D eigenvalue weighted by Crippen LogP contribution is 2.25. The van der Waals surface area contributed by atoms with Gasteiger partial charge in [0.2, 0.25) is 0 Å². The SMILES string of the molecule is COC(=O)c1ccsc1NC(=O)c1cc(C)ccc1C. The zero-order valence-corrected chi connectivity index (χ0v) is 12.3. The van der Waals surface area contributed by atoms with Crippen molar-refractivity contribution in [3.05, 3.63) is 51.9 Å². The summed E-state index contributed by atoms with van der Waals surface area (Å²) < 4.78 is 4.68. The number of carbonyl (C=O) groups excluding carboxylic acids is 2. The molecule has 0 aliphatic heterocycles.